The number of nitrogens with one attached hydrogen (secondary N) is 1. The van der Waals surface area contributed by atoms with E-state index in [1.807, 2.05) is 6.92 Å². The first kappa shape index (κ1) is 12.2. The van der Waals surface area contributed by atoms with Crippen LogP contribution in [0.15, 0.2) is 0 Å². The minimum atomic E-state index is 0.568. The summed E-state index contributed by atoms with van der Waals surface area (Å²) in [4.78, 5) is 0. The van der Waals surface area contributed by atoms with Crippen molar-refractivity contribution in [1.29, 1.82) is 0 Å². The Balaban J connectivity index is 2.73. The molecule has 0 saturated carbocycles. The largest absolute Gasteiger partial charge is 0.380 e. The minimum Gasteiger partial charge on any atom is -0.380 e. The van der Waals surface area contributed by atoms with Crippen molar-refractivity contribution in [2.75, 3.05) is 45.4 Å². The van der Waals surface area contributed by atoms with E-state index in [4.69, 9.17) is 21.1 Å². The van der Waals surface area contributed by atoms with Gasteiger partial charge in [-0.25, -0.2) is 0 Å². The first-order chi connectivity index (χ1) is 5.91. The first-order valence-electron chi connectivity index (χ1n) is 4.34. The third-order valence-corrected chi connectivity index (χ3v) is 1.43. The van der Waals surface area contributed by atoms with E-state index >= 15 is 0 Å². The second kappa shape index (κ2) is 11.2. The van der Waals surface area contributed by atoms with E-state index in [1.165, 1.54) is 0 Å². The lowest BCUT2D eigenvalue weighted by Crippen LogP contribution is -2.24. The fraction of sp³-hybridized carbons (Fsp3) is 1.00. The number of hydrogen-bond donors (Lipinski definition) is 1. The number of hydrogen-bond acceptors (Lipinski definition) is 3. The maximum atomic E-state index is 5.42. The molecule has 0 radical (unpaired) electrons. The van der Waals surface area contributed by atoms with Crippen LogP contribution in [0.4, 0.5) is 0 Å². The summed E-state index contributed by atoms with van der Waals surface area (Å²) in [5.74, 6) is 0.568. The van der Waals surface area contributed by atoms with Crippen LogP contribution in [-0.4, -0.2) is 45.4 Å². The SMILES string of the molecule is CCOCCNCCOCCCl. The Morgan fingerprint density at radius 1 is 1.08 bits per heavy atom. The molecule has 0 aliphatic heterocycles. The van der Waals surface area contributed by atoms with Gasteiger partial charge in [0.15, 0.2) is 0 Å². The first-order valence-corrected chi connectivity index (χ1v) is 4.87. The standard InChI is InChI=1S/C8H18ClNO2/c1-2-11-7-4-10-5-8-12-6-3-9/h10H,2-8H2,1H3. The highest BCUT2D eigenvalue weighted by Gasteiger charge is 1.87. The topological polar surface area (TPSA) is 30.5 Å². The Hall–Kier alpha value is 0.170. The third kappa shape index (κ3) is 10.2. The molecule has 0 aromatic carbocycles. The molecule has 0 atom stereocenters. The smallest absolute Gasteiger partial charge is 0.0602 e. The van der Waals surface area contributed by atoms with Crippen LogP contribution >= 0.6 is 11.6 Å². The van der Waals surface area contributed by atoms with Crippen molar-refractivity contribution in [3.05, 3.63) is 0 Å². The molecule has 1 N–H and O–H groups in total. The van der Waals surface area contributed by atoms with E-state index in [0.29, 0.717) is 12.5 Å². The predicted octanol–water partition coefficient (Wildman–Crippen LogP) is 0.868. The van der Waals surface area contributed by atoms with Crippen LogP contribution < -0.4 is 5.32 Å². The summed E-state index contributed by atoms with van der Waals surface area (Å²) in [6, 6.07) is 0. The molecule has 0 unspecified atom stereocenters. The molecule has 0 aromatic rings. The molecule has 0 saturated heterocycles. The summed E-state index contributed by atoms with van der Waals surface area (Å²) in [5, 5.41) is 3.19. The second-order valence-corrected chi connectivity index (χ2v) is 2.63. The third-order valence-electron chi connectivity index (χ3n) is 1.27. The molecule has 0 aromatic heterocycles. The maximum Gasteiger partial charge on any atom is 0.0602 e. The lowest BCUT2D eigenvalue weighted by atomic mass is 10.6. The molecule has 0 heterocycles. The highest BCUT2D eigenvalue weighted by Crippen LogP contribution is 1.77. The van der Waals surface area contributed by atoms with Crippen LogP contribution in [0.5, 0.6) is 0 Å². The van der Waals surface area contributed by atoms with Crippen LogP contribution in [0.25, 0.3) is 0 Å². The monoisotopic (exact) mass is 195 g/mol. The van der Waals surface area contributed by atoms with Crippen LogP contribution in [0.1, 0.15) is 6.92 Å². The fourth-order valence-corrected chi connectivity index (χ4v) is 0.824. The molecule has 0 rings (SSSR count). The van der Waals surface area contributed by atoms with E-state index in [2.05, 4.69) is 5.32 Å². The Bertz CT molecular complexity index is 73.5. The van der Waals surface area contributed by atoms with Gasteiger partial charge < -0.3 is 14.8 Å². The fourth-order valence-electron chi connectivity index (χ4n) is 0.715. The second-order valence-electron chi connectivity index (χ2n) is 2.25. The average molecular weight is 196 g/mol. The van der Waals surface area contributed by atoms with E-state index in [9.17, 15) is 0 Å². The van der Waals surface area contributed by atoms with Gasteiger partial charge in [-0.2, -0.15) is 0 Å². The molecule has 0 aliphatic carbocycles. The highest BCUT2D eigenvalue weighted by atomic mass is 35.5. The predicted molar refractivity (Wildman–Crippen MR) is 50.9 cm³/mol. The number of rotatable bonds is 9. The number of alkyl halides is 1. The molecule has 0 fully saturated rings. The number of ether oxygens (including phenoxy) is 2. The normalized spacial score (nSPS) is 10.5. The van der Waals surface area contributed by atoms with Gasteiger partial charge in [0, 0.05) is 25.6 Å². The van der Waals surface area contributed by atoms with Crippen LogP contribution in [0, 0.1) is 0 Å². The zero-order chi connectivity index (χ0) is 9.07. The molecular weight excluding hydrogens is 178 g/mol. The summed E-state index contributed by atoms with van der Waals surface area (Å²) in [5.41, 5.74) is 0. The van der Waals surface area contributed by atoms with Crippen molar-refractivity contribution >= 4 is 11.6 Å². The zero-order valence-corrected chi connectivity index (χ0v) is 8.40. The summed E-state index contributed by atoms with van der Waals surface area (Å²) in [6.07, 6.45) is 0. The summed E-state index contributed by atoms with van der Waals surface area (Å²) in [6.45, 7) is 6.65. The quantitative estimate of drug-likeness (QED) is 0.438. The van der Waals surface area contributed by atoms with Gasteiger partial charge in [-0.15, -0.1) is 11.6 Å². The van der Waals surface area contributed by atoms with Crippen molar-refractivity contribution in [3.63, 3.8) is 0 Å². The van der Waals surface area contributed by atoms with E-state index < -0.39 is 0 Å². The van der Waals surface area contributed by atoms with Gasteiger partial charge in [-0.1, -0.05) is 0 Å². The van der Waals surface area contributed by atoms with Gasteiger partial charge in [0.2, 0.25) is 0 Å². The van der Waals surface area contributed by atoms with Crippen molar-refractivity contribution < 1.29 is 9.47 Å². The van der Waals surface area contributed by atoms with Gasteiger partial charge in [0.05, 0.1) is 19.8 Å². The Labute approximate surface area is 79.4 Å². The van der Waals surface area contributed by atoms with Gasteiger partial charge in [-0.3, -0.25) is 0 Å². The molecule has 0 bridgehead atoms. The Morgan fingerprint density at radius 3 is 2.33 bits per heavy atom. The minimum absolute atomic E-state index is 0.568. The lowest BCUT2D eigenvalue weighted by Gasteiger charge is -2.04. The summed E-state index contributed by atoms with van der Waals surface area (Å²) >= 11 is 5.42. The van der Waals surface area contributed by atoms with Gasteiger partial charge in [0.1, 0.15) is 0 Å². The molecule has 74 valence electrons. The zero-order valence-electron chi connectivity index (χ0n) is 7.64. The Kier molecular flexibility index (Phi) is 11.3. The van der Waals surface area contributed by atoms with Crippen LogP contribution in [0.3, 0.4) is 0 Å². The molecule has 0 amide bonds. The van der Waals surface area contributed by atoms with Crippen molar-refractivity contribution in [1.82, 2.24) is 5.32 Å². The molecule has 0 spiro atoms. The van der Waals surface area contributed by atoms with Gasteiger partial charge in [-0.05, 0) is 6.92 Å². The lowest BCUT2D eigenvalue weighted by molar-refractivity contribution is 0.134. The van der Waals surface area contributed by atoms with E-state index in [-0.39, 0.29) is 0 Å². The highest BCUT2D eigenvalue weighted by molar-refractivity contribution is 6.17. The molecular formula is C8H18ClNO2. The summed E-state index contributed by atoms with van der Waals surface area (Å²) in [7, 11) is 0. The van der Waals surface area contributed by atoms with Crippen LogP contribution in [0.2, 0.25) is 0 Å². The van der Waals surface area contributed by atoms with E-state index in [0.717, 1.165) is 32.9 Å². The van der Waals surface area contributed by atoms with Crippen molar-refractivity contribution in [3.8, 4) is 0 Å². The number of halogens is 1. The van der Waals surface area contributed by atoms with E-state index in [1.54, 1.807) is 0 Å². The van der Waals surface area contributed by atoms with Crippen molar-refractivity contribution in [2.45, 2.75) is 6.92 Å². The average Bonchev–Trinajstić information content (AvgIpc) is 2.10. The summed E-state index contributed by atoms with van der Waals surface area (Å²) < 4.78 is 10.3. The van der Waals surface area contributed by atoms with Crippen LogP contribution in [-0.2, 0) is 9.47 Å². The Morgan fingerprint density at radius 2 is 1.75 bits per heavy atom. The van der Waals surface area contributed by atoms with Crippen molar-refractivity contribution in [2.24, 2.45) is 0 Å². The molecule has 4 heteroatoms. The molecule has 12 heavy (non-hydrogen) atoms. The van der Waals surface area contributed by atoms with Gasteiger partial charge >= 0.3 is 0 Å². The molecule has 3 nitrogen and oxygen atoms in total. The maximum absolute atomic E-state index is 5.42. The van der Waals surface area contributed by atoms with Gasteiger partial charge in [0.25, 0.3) is 0 Å². The molecule has 0 aliphatic rings.